The van der Waals surface area contributed by atoms with Crippen LogP contribution in [0.1, 0.15) is 50.6 Å². The van der Waals surface area contributed by atoms with Crippen molar-refractivity contribution in [1.82, 2.24) is 19.7 Å². The van der Waals surface area contributed by atoms with Crippen LogP contribution in [0.5, 0.6) is 0 Å². The largest absolute Gasteiger partial charge is 0.444 e. The molecule has 35 heavy (non-hydrogen) atoms. The van der Waals surface area contributed by atoms with Crippen molar-refractivity contribution in [1.29, 1.82) is 5.26 Å². The average Bonchev–Trinajstić information content (AvgIpc) is 3.13. The molecule has 4 aromatic rings. The third-order valence-electron chi connectivity index (χ3n) is 5.32. The lowest BCUT2D eigenvalue weighted by molar-refractivity contribution is 0.0508. The molecular formula is C27H28N6O2. The van der Waals surface area contributed by atoms with Crippen molar-refractivity contribution in [3.05, 3.63) is 77.6 Å². The summed E-state index contributed by atoms with van der Waals surface area (Å²) < 4.78 is 7.30. The Labute approximate surface area is 204 Å². The molecule has 4 rings (SSSR count). The lowest BCUT2D eigenvalue weighted by Gasteiger charge is -2.22. The summed E-state index contributed by atoms with van der Waals surface area (Å²) in [7, 11) is 0. The van der Waals surface area contributed by atoms with E-state index in [2.05, 4.69) is 21.7 Å². The number of aryl methyl sites for hydroxylation is 1. The SMILES string of the molecule is Cc1nc2ccccn2c1-c1cc(C#N)cc(Nc2ccc(C(C)NC(=O)OC(C)(C)C)cc2)n1. The lowest BCUT2D eigenvalue weighted by atomic mass is 10.1. The molecule has 3 aromatic heterocycles. The number of nitriles is 1. The third kappa shape index (κ3) is 5.58. The van der Waals surface area contributed by atoms with E-state index in [1.54, 1.807) is 12.1 Å². The highest BCUT2D eigenvalue weighted by molar-refractivity contribution is 5.70. The summed E-state index contributed by atoms with van der Waals surface area (Å²) in [5.74, 6) is 0.553. The number of alkyl carbamates (subject to hydrolysis) is 1. The van der Waals surface area contributed by atoms with Crippen molar-refractivity contribution in [3.63, 3.8) is 0 Å². The summed E-state index contributed by atoms with van der Waals surface area (Å²) >= 11 is 0. The molecule has 0 saturated carbocycles. The van der Waals surface area contributed by atoms with Gasteiger partial charge in [0.2, 0.25) is 0 Å². The Morgan fingerprint density at radius 1 is 1.11 bits per heavy atom. The number of pyridine rings is 2. The number of carbonyl (C=O) groups excluding carboxylic acids is 1. The molecule has 1 atom stereocenters. The van der Waals surface area contributed by atoms with Crippen molar-refractivity contribution >= 4 is 23.2 Å². The molecule has 1 unspecified atom stereocenters. The van der Waals surface area contributed by atoms with Gasteiger partial charge < -0.3 is 15.4 Å². The minimum absolute atomic E-state index is 0.219. The van der Waals surface area contributed by atoms with Crippen LogP contribution in [-0.2, 0) is 4.74 Å². The van der Waals surface area contributed by atoms with Crippen LogP contribution in [-0.4, -0.2) is 26.1 Å². The van der Waals surface area contributed by atoms with Gasteiger partial charge in [0.15, 0.2) is 0 Å². The van der Waals surface area contributed by atoms with Gasteiger partial charge in [-0.3, -0.25) is 4.40 Å². The molecule has 2 N–H and O–H groups in total. The predicted octanol–water partition coefficient (Wildman–Crippen LogP) is 5.91. The summed E-state index contributed by atoms with van der Waals surface area (Å²) in [5, 5.41) is 15.7. The molecule has 0 fully saturated rings. The number of amides is 1. The number of carbonyl (C=O) groups is 1. The zero-order valence-corrected chi connectivity index (χ0v) is 20.5. The molecule has 178 valence electrons. The van der Waals surface area contributed by atoms with E-state index >= 15 is 0 Å². The van der Waals surface area contributed by atoms with Crippen LogP contribution in [0, 0.1) is 18.3 Å². The smallest absolute Gasteiger partial charge is 0.408 e. The highest BCUT2D eigenvalue weighted by atomic mass is 16.6. The van der Waals surface area contributed by atoms with E-state index < -0.39 is 11.7 Å². The highest BCUT2D eigenvalue weighted by Crippen LogP contribution is 2.27. The maximum Gasteiger partial charge on any atom is 0.408 e. The summed E-state index contributed by atoms with van der Waals surface area (Å²) in [6.07, 6.45) is 1.48. The highest BCUT2D eigenvalue weighted by Gasteiger charge is 2.18. The van der Waals surface area contributed by atoms with Gasteiger partial charge in [-0.1, -0.05) is 18.2 Å². The summed E-state index contributed by atoms with van der Waals surface area (Å²) in [4.78, 5) is 21.4. The van der Waals surface area contributed by atoms with Crippen LogP contribution in [0.3, 0.4) is 0 Å². The fourth-order valence-corrected chi connectivity index (χ4v) is 3.77. The molecule has 3 heterocycles. The zero-order chi connectivity index (χ0) is 25.2. The van der Waals surface area contributed by atoms with Crippen molar-refractivity contribution in [2.45, 2.75) is 46.3 Å². The van der Waals surface area contributed by atoms with E-state index in [0.717, 1.165) is 28.3 Å². The first-order valence-electron chi connectivity index (χ1n) is 11.4. The van der Waals surface area contributed by atoms with E-state index in [9.17, 15) is 10.1 Å². The van der Waals surface area contributed by atoms with E-state index in [1.165, 1.54) is 0 Å². The van der Waals surface area contributed by atoms with Gasteiger partial charge in [-0.15, -0.1) is 0 Å². The summed E-state index contributed by atoms with van der Waals surface area (Å²) in [5.41, 5.74) is 4.85. The topological polar surface area (TPSA) is 104 Å². The Morgan fingerprint density at radius 2 is 1.86 bits per heavy atom. The van der Waals surface area contributed by atoms with Crippen LogP contribution < -0.4 is 10.6 Å². The molecule has 1 amide bonds. The molecule has 0 aliphatic carbocycles. The van der Waals surface area contributed by atoms with Gasteiger partial charge in [-0.2, -0.15) is 5.26 Å². The van der Waals surface area contributed by atoms with Gasteiger partial charge in [-0.25, -0.2) is 14.8 Å². The van der Waals surface area contributed by atoms with Crippen LogP contribution in [0.15, 0.2) is 60.8 Å². The number of anilines is 2. The monoisotopic (exact) mass is 468 g/mol. The second-order valence-electron chi connectivity index (χ2n) is 9.33. The number of fused-ring (bicyclic) bond motifs is 1. The van der Waals surface area contributed by atoms with Gasteiger partial charge in [0.05, 0.1) is 34.8 Å². The maximum absolute atomic E-state index is 12.1. The second kappa shape index (κ2) is 9.47. The molecule has 0 radical (unpaired) electrons. The van der Waals surface area contributed by atoms with Crippen LogP contribution in [0.25, 0.3) is 17.0 Å². The first kappa shape index (κ1) is 23.8. The van der Waals surface area contributed by atoms with Crippen molar-refractivity contribution in [2.75, 3.05) is 5.32 Å². The van der Waals surface area contributed by atoms with Crippen molar-refractivity contribution in [2.24, 2.45) is 0 Å². The number of nitrogens with zero attached hydrogens (tertiary/aromatic N) is 4. The minimum atomic E-state index is -0.552. The summed E-state index contributed by atoms with van der Waals surface area (Å²) in [6.45, 7) is 9.32. The fourth-order valence-electron chi connectivity index (χ4n) is 3.77. The van der Waals surface area contributed by atoms with E-state index in [4.69, 9.17) is 9.72 Å². The first-order chi connectivity index (χ1) is 16.6. The standard InChI is InChI=1S/C27H28N6O2/c1-17(30-26(34)35-27(3,4)5)20-9-11-21(12-10-20)31-23-15-19(16-28)14-22(32-23)25-18(2)29-24-8-6-7-13-33(24)25/h6-15,17H,1-5H3,(H,30,34)(H,31,32). The van der Waals surface area contributed by atoms with Gasteiger partial charge in [0, 0.05) is 11.9 Å². The van der Waals surface area contributed by atoms with Gasteiger partial charge in [0.1, 0.15) is 17.1 Å². The van der Waals surface area contributed by atoms with Gasteiger partial charge in [0.25, 0.3) is 0 Å². The molecule has 0 aliphatic heterocycles. The molecule has 0 bridgehead atoms. The van der Waals surface area contributed by atoms with Gasteiger partial charge in [-0.05, 0) is 76.6 Å². The molecule has 8 heteroatoms. The van der Waals surface area contributed by atoms with E-state index in [1.807, 2.05) is 87.7 Å². The Bertz CT molecular complexity index is 1410. The van der Waals surface area contributed by atoms with Crippen molar-refractivity contribution < 1.29 is 9.53 Å². The summed E-state index contributed by atoms with van der Waals surface area (Å²) in [6, 6.07) is 18.9. The number of rotatable bonds is 5. The zero-order valence-electron chi connectivity index (χ0n) is 20.5. The molecule has 1 aromatic carbocycles. The number of benzene rings is 1. The molecule has 0 aliphatic rings. The van der Waals surface area contributed by atoms with E-state index in [-0.39, 0.29) is 6.04 Å². The van der Waals surface area contributed by atoms with Crippen LogP contribution in [0.2, 0.25) is 0 Å². The number of hydrogen-bond donors (Lipinski definition) is 2. The molecule has 8 nitrogen and oxygen atoms in total. The predicted molar refractivity (Wildman–Crippen MR) is 135 cm³/mol. The first-order valence-corrected chi connectivity index (χ1v) is 11.4. The second-order valence-corrected chi connectivity index (χ2v) is 9.33. The van der Waals surface area contributed by atoms with E-state index in [0.29, 0.717) is 17.1 Å². The number of imidazole rings is 1. The Balaban J connectivity index is 1.55. The quantitative estimate of drug-likeness (QED) is 0.378. The van der Waals surface area contributed by atoms with Gasteiger partial charge >= 0.3 is 6.09 Å². The molecule has 0 saturated heterocycles. The average molecular weight is 469 g/mol. The number of ether oxygens (including phenoxy) is 1. The number of aromatic nitrogens is 3. The van der Waals surface area contributed by atoms with Crippen LogP contribution >= 0.6 is 0 Å². The Kier molecular flexibility index (Phi) is 6.43. The fraction of sp³-hybridized carbons (Fsp3) is 0.259. The minimum Gasteiger partial charge on any atom is -0.444 e. The Hall–Kier alpha value is -4.38. The normalized spacial score (nSPS) is 12.1. The van der Waals surface area contributed by atoms with Crippen molar-refractivity contribution in [3.8, 4) is 17.5 Å². The third-order valence-corrected chi connectivity index (χ3v) is 5.32. The van der Waals surface area contributed by atoms with Crippen LogP contribution in [0.4, 0.5) is 16.3 Å². The maximum atomic E-state index is 12.1. The lowest BCUT2D eigenvalue weighted by Crippen LogP contribution is -2.34. The number of nitrogens with one attached hydrogen (secondary N) is 2. The number of hydrogen-bond acceptors (Lipinski definition) is 6. The molecule has 0 spiro atoms. The Morgan fingerprint density at radius 3 is 2.54 bits per heavy atom. The molecular weight excluding hydrogens is 440 g/mol.